The van der Waals surface area contributed by atoms with Crippen molar-refractivity contribution in [3.05, 3.63) is 64.2 Å². The van der Waals surface area contributed by atoms with Crippen LogP contribution in [0.25, 0.3) is 0 Å². The molecule has 0 fully saturated rings. The number of amides is 1. The minimum atomic E-state index is -0.802. The molecule has 2 aromatic carbocycles. The second-order valence-electron chi connectivity index (χ2n) is 5.34. The number of carbonyl (C=O) groups is 1. The predicted molar refractivity (Wildman–Crippen MR) is 89.8 cm³/mol. The van der Waals surface area contributed by atoms with Crippen molar-refractivity contribution in [2.75, 3.05) is 6.61 Å². The van der Waals surface area contributed by atoms with E-state index in [-0.39, 0.29) is 12.3 Å². The van der Waals surface area contributed by atoms with Crippen molar-refractivity contribution < 1.29 is 19.2 Å². The van der Waals surface area contributed by atoms with E-state index < -0.39 is 16.9 Å². The summed E-state index contributed by atoms with van der Waals surface area (Å²) in [5, 5.41) is 14.7. The first-order valence-corrected chi connectivity index (χ1v) is 7.52. The number of hydrogen-bond acceptors (Lipinski definition) is 6. The van der Waals surface area contributed by atoms with Gasteiger partial charge in [0.25, 0.3) is 11.6 Å². The monoisotopic (exact) mass is 341 g/mol. The van der Waals surface area contributed by atoms with E-state index in [1.165, 1.54) is 12.1 Å². The number of nitro groups is 1. The summed E-state index contributed by atoms with van der Waals surface area (Å²) in [6.07, 6.45) is -0.802. The van der Waals surface area contributed by atoms with E-state index in [1.807, 2.05) is 6.07 Å². The minimum Gasteiger partial charge on any atom is -0.485 e. The molecule has 1 aliphatic heterocycles. The number of rotatable bonds is 4. The van der Waals surface area contributed by atoms with Gasteiger partial charge in [-0.15, -0.1) is 0 Å². The minimum absolute atomic E-state index is 0.00740. The number of non-ortho nitro benzene ring substituents is 1. The summed E-state index contributed by atoms with van der Waals surface area (Å²) in [5.74, 6) is 0.665. The van der Waals surface area contributed by atoms with Crippen LogP contribution in [0.5, 0.6) is 11.5 Å². The number of hydrogen-bond donors (Lipinski definition) is 1. The molecule has 25 heavy (non-hydrogen) atoms. The second kappa shape index (κ2) is 7.00. The largest absolute Gasteiger partial charge is 0.485 e. The van der Waals surface area contributed by atoms with Crippen molar-refractivity contribution in [1.29, 1.82) is 0 Å². The van der Waals surface area contributed by atoms with Crippen LogP contribution in [0.15, 0.2) is 53.6 Å². The summed E-state index contributed by atoms with van der Waals surface area (Å²) in [5.41, 5.74) is 3.60. The molecule has 0 bridgehead atoms. The van der Waals surface area contributed by atoms with E-state index in [4.69, 9.17) is 9.47 Å². The number of nitrogens with one attached hydrogen (secondary N) is 1. The Bertz CT molecular complexity index is 832. The fourth-order valence-electron chi connectivity index (χ4n) is 2.25. The molecule has 0 spiro atoms. The van der Waals surface area contributed by atoms with Gasteiger partial charge in [-0.2, -0.15) is 5.10 Å². The third kappa shape index (κ3) is 3.74. The highest BCUT2D eigenvalue weighted by molar-refractivity contribution is 5.99. The molecule has 0 saturated carbocycles. The van der Waals surface area contributed by atoms with E-state index in [0.29, 0.717) is 22.8 Å². The quantitative estimate of drug-likeness (QED) is 0.522. The molecule has 8 heteroatoms. The highest BCUT2D eigenvalue weighted by Gasteiger charge is 2.27. The van der Waals surface area contributed by atoms with Crippen LogP contribution in [0.2, 0.25) is 0 Å². The SMILES string of the molecule is C/C(=N/NC(=O)[C@@H]1COc2ccccc2O1)c1ccc([N+](=O)[O-])cc1. The maximum atomic E-state index is 12.2. The van der Waals surface area contributed by atoms with Crippen molar-refractivity contribution in [2.45, 2.75) is 13.0 Å². The molecule has 1 N–H and O–H groups in total. The molecule has 2 aromatic rings. The second-order valence-corrected chi connectivity index (χ2v) is 5.34. The van der Waals surface area contributed by atoms with Gasteiger partial charge in [-0.3, -0.25) is 14.9 Å². The van der Waals surface area contributed by atoms with Crippen LogP contribution in [0, 0.1) is 10.1 Å². The third-order valence-electron chi connectivity index (χ3n) is 3.63. The average molecular weight is 341 g/mol. The van der Waals surface area contributed by atoms with Gasteiger partial charge in [-0.1, -0.05) is 12.1 Å². The zero-order valence-electron chi connectivity index (χ0n) is 13.3. The van der Waals surface area contributed by atoms with Crippen LogP contribution in [-0.2, 0) is 4.79 Å². The summed E-state index contributed by atoms with van der Waals surface area (Å²) in [6, 6.07) is 13.0. The number of hydrazone groups is 1. The van der Waals surface area contributed by atoms with E-state index in [2.05, 4.69) is 10.5 Å². The maximum Gasteiger partial charge on any atom is 0.284 e. The van der Waals surface area contributed by atoms with Gasteiger partial charge < -0.3 is 9.47 Å². The predicted octanol–water partition coefficient (Wildman–Crippen LogP) is 2.28. The lowest BCUT2D eigenvalue weighted by molar-refractivity contribution is -0.384. The van der Waals surface area contributed by atoms with Crippen LogP contribution in [-0.4, -0.2) is 29.3 Å². The lowest BCUT2D eigenvalue weighted by Crippen LogP contribution is -2.42. The Kier molecular flexibility index (Phi) is 4.60. The van der Waals surface area contributed by atoms with Gasteiger partial charge in [-0.25, -0.2) is 5.43 Å². The van der Waals surface area contributed by atoms with Gasteiger partial charge in [0.15, 0.2) is 11.5 Å². The highest BCUT2D eigenvalue weighted by Crippen LogP contribution is 2.30. The Morgan fingerprint density at radius 3 is 2.56 bits per heavy atom. The lowest BCUT2D eigenvalue weighted by atomic mass is 10.1. The van der Waals surface area contributed by atoms with Crippen molar-refractivity contribution in [1.82, 2.24) is 5.43 Å². The number of ether oxygens (including phenoxy) is 2. The van der Waals surface area contributed by atoms with Gasteiger partial charge in [0.1, 0.15) is 6.61 Å². The van der Waals surface area contributed by atoms with E-state index in [9.17, 15) is 14.9 Å². The van der Waals surface area contributed by atoms with Gasteiger partial charge in [0.05, 0.1) is 10.6 Å². The van der Waals surface area contributed by atoms with E-state index in [1.54, 1.807) is 37.3 Å². The third-order valence-corrected chi connectivity index (χ3v) is 3.63. The molecule has 1 aliphatic rings. The summed E-state index contributed by atoms with van der Waals surface area (Å²) in [7, 11) is 0. The first kappa shape index (κ1) is 16.4. The van der Waals surface area contributed by atoms with E-state index in [0.717, 1.165) is 0 Å². The molecule has 1 amide bonds. The van der Waals surface area contributed by atoms with Gasteiger partial charge in [0.2, 0.25) is 6.10 Å². The van der Waals surface area contributed by atoms with Crippen LogP contribution in [0.1, 0.15) is 12.5 Å². The Morgan fingerprint density at radius 2 is 1.88 bits per heavy atom. The summed E-state index contributed by atoms with van der Waals surface area (Å²) in [4.78, 5) is 22.4. The van der Waals surface area contributed by atoms with Crippen LogP contribution < -0.4 is 14.9 Å². The summed E-state index contributed by atoms with van der Waals surface area (Å²) < 4.78 is 11.1. The molecule has 8 nitrogen and oxygen atoms in total. The Morgan fingerprint density at radius 1 is 1.20 bits per heavy atom. The molecule has 1 heterocycles. The van der Waals surface area contributed by atoms with Crippen LogP contribution in [0.4, 0.5) is 5.69 Å². The Hall–Kier alpha value is -3.42. The molecular weight excluding hydrogens is 326 g/mol. The molecule has 0 saturated heterocycles. The molecule has 1 atom stereocenters. The summed E-state index contributed by atoms with van der Waals surface area (Å²) in [6.45, 7) is 1.78. The number of benzene rings is 2. The molecule has 0 aliphatic carbocycles. The van der Waals surface area contributed by atoms with Crippen molar-refractivity contribution in [3.63, 3.8) is 0 Å². The van der Waals surface area contributed by atoms with E-state index >= 15 is 0 Å². The first-order valence-electron chi connectivity index (χ1n) is 7.52. The topological polar surface area (TPSA) is 103 Å². The summed E-state index contributed by atoms with van der Waals surface area (Å²) >= 11 is 0. The van der Waals surface area contributed by atoms with Gasteiger partial charge in [0, 0.05) is 12.1 Å². The standard InChI is InChI=1S/C17H15N3O5/c1-11(12-6-8-13(9-7-12)20(22)23)18-19-17(21)16-10-24-14-4-2-3-5-15(14)25-16/h2-9,16H,10H2,1H3,(H,19,21)/b18-11-/t16-/m0/s1. The van der Waals surface area contributed by atoms with Crippen LogP contribution >= 0.6 is 0 Å². The molecule has 128 valence electrons. The number of para-hydroxylation sites is 2. The van der Waals surface area contributed by atoms with Crippen molar-refractivity contribution in [3.8, 4) is 11.5 Å². The molecule has 0 aromatic heterocycles. The first-order chi connectivity index (χ1) is 12.0. The number of carbonyl (C=O) groups excluding carboxylic acids is 1. The molecule has 0 radical (unpaired) electrons. The Balaban J connectivity index is 1.63. The average Bonchev–Trinajstić information content (AvgIpc) is 2.65. The number of nitro benzene ring substituents is 1. The molecule has 3 rings (SSSR count). The fourth-order valence-corrected chi connectivity index (χ4v) is 2.25. The maximum absolute atomic E-state index is 12.2. The smallest absolute Gasteiger partial charge is 0.284 e. The number of fused-ring (bicyclic) bond motifs is 1. The van der Waals surface area contributed by atoms with Crippen molar-refractivity contribution in [2.24, 2.45) is 5.10 Å². The highest BCUT2D eigenvalue weighted by atomic mass is 16.6. The van der Waals surface area contributed by atoms with Crippen LogP contribution in [0.3, 0.4) is 0 Å². The zero-order valence-corrected chi connectivity index (χ0v) is 13.3. The van der Waals surface area contributed by atoms with Gasteiger partial charge >= 0.3 is 0 Å². The zero-order chi connectivity index (χ0) is 17.8. The van der Waals surface area contributed by atoms with Crippen molar-refractivity contribution >= 4 is 17.3 Å². The van der Waals surface area contributed by atoms with Gasteiger partial charge in [-0.05, 0) is 36.8 Å². The normalized spacial score (nSPS) is 16.2. The Labute approximate surface area is 143 Å². The number of nitrogens with zero attached hydrogens (tertiary/aromatic N) is 2. The lowest BCUT2D eigenvalue weighted by Gasteiger charge is -2.24. The molecule has 0 unspecified atom stereocenters. The fraction of sp³-hybridized carbons (Fsp3) is 0.176. The molecular formula is C17H15N3O5.